The normalized spacial score (nSPS) is 25.9. The molecule has 10 nitrogen and oxygen atoms in total. The molecule has 1 unspecified atom stereocenters. The Hall–Kier alpha value is -2.96. The molecule has 2 N–H and O–H groups in total. The number of amides is 1. The minimum atomic E-state index is -3.97. The number of β-amino-alcohol motifs (C(OH)–C–C–N with tert-alkyl or cyclic N) is 1. The summed E-state index contributed by atoms with van der Waals surface area (Å²) < 4.78 is 51.6. The number of nitrogens with one attached hydrogen (secondary N) is 1. The topological polar surface area (TPSA) is 124 Å². The van der Waals surface area contributed by atoms with Crippen LogP contribution in [0.25, 0.3) is 0 Å². The highest BCUT2D eigenvalue weighted by Crippen LogP contribution is 2.33. The third-order valence-electron chi connectivity index (χ3n) is 7.89. The second-order valence-corrected chi connectivity index (χ2v) is 12.9. The molecule has 0 radical (unpaired) electrons. The fraction of sp³-hybridized carbons (Fsp3) is 0.516. The molecular formula is C31H40N2O8S. The van der Waals surface area contributed by atoms with Crippen LogP contribution in [-0.2, 0) is 30.7 Å². The van der Waals surface area contributed by atoms with E-state index >= 15 is 0 Å². The number of allylic oxidation sites excluding steroid dienone is 1. The molecule has 2 bridgehead atoms. The van der Waals surface area contributed by atoms with Gasteiger partial charge in [-0.15, -0.1) is 0 Å². The van der Waals surface area contributed by atoms with Crippen molar-refractivity contribution in [2.45, 2.75) is 68.0 Å². The van der Waals surface area contributed by atoms with Gasteiger partial charge in [-0.1, -0.05) is 48.6 Å². The largest absolute Gasteiger partial charge is 0.493 e. The number of hydrogen-bond donors (Lipinski definition) is 2. The number of carbonyl (C=O) groups excluding carboxylic acids is 1. The summed E-state index contributed by atoms with van der Waals surface area (Å²) in [6.07, 6.45) is 5.47. The molecule has 0 aliphatic carbocycles. The van der Waals surface area contributed by atoms with E-state index in [1.807, 2.05) is 30.3 Å². The average Bonchev–Trinajstić information content (AvgIpc) is 3.60. The second kappa shape index (κ2) is 14.5. The molecule has 2 saturated heterocycles. The number of sulfonamides is 1. The van der Waals surface area contributed by atoms with Crippen molar-refractivity contribution in [3.8, 4) is 5.75 Å². The van der Waals surface area contributed by atoms with Gasteiger partial charge in [0.2, 0.25) is 10.0 Å². The molecule has 42 heavy (non-hydrogen) atoms. The average molecular weight is 601 g/mol. The SMILES string of the molecule is O=C(N[C@@H](Cc1ccccc1)[C@H](O)CN1CCCCC=CCCOc2cccc(c2)S1(=O)=O)O[C@H]1CO[C@H]2OCCC21. The first-order valence-corrected chi connectivity index (χ1v) is 16.1. The van der Waals surface area contributed by atoms with Crippen molar-refractivity contribution in [1.82, 2.24) is 9.62 Å². The molecule has 0 aromatic heterocycles. The monoisotopic (exact) mass is 600 g/mol. The van der Waals surface area contributed by atoms with Crippen molar-refractivity contribution in [2.24, 2.45) is 5.92 Å². The summed E-state index contributed by atoms with van der Waals surface area (Å²) in [6, 6.07) is 15.1. The zero-order valence-corrected chi connectivity index (χ0v) is 24.5. The summed E-state index contributed by atoms with van der Waals surface area (Å²) in [7, 11) is -3.97. The summed E-state index contributed by atoms with van der Waals surface area (Å²) >= 11 is 0. The molecule has 1 amide bonds. The summed E-state index contributed by atoms with van der Waals surface area (Å²) in [5, 5.41) is 14.3. The Morgan fingerprint density at radius 2 is 1.88 bits per heavy atom. The minimum absolute atomic E-state index is 0.0243. The number of aliphatic hydroxyl groups is 1. The van der Waals surface area contributed by atoms with Crippen LogP contribution in [0.5, 0.6) is 5.75 Å². The van der Waals surface area contributed by atoms with Gasteiger partial charge >= 0.3 is 6.09 Å². The molecule has 3 aliphatic rings. The maximum absolute atomic E-state index is 13.8. The number of ether oxygens (including phenoxy) is 4. The van der Waals surface area contributed by atoms with Gasteiger partial charge in [-0.05, 0) is 56.2 Å². The molecule has 2 fully saturated rings. The van der Waals surface area contributed by atoms with Crippen molar-refractivity contribution in [1.29, 1.82) is 0 Å². The standard InChI is InChI=1S/C31H40N2O8S/c34-28(21-33-16-8-3-1-2-4-9-17-38-24-13-10-14-25(20-24)42(33,36)37)27(19-23-11-6-5-7-12-23)32-31(35)41-29-22-40-30-26(29)15-18-39-30/h2,4-7,10-14,20,26-30,34H,1,3,8-9,15-19,21-22H2,(H,32,35)/t26?,27-,28+,29-,30+/m0/s1. The second-order valence-electron chi connectivity index (χ2n) is 10.9. The Morgan fingerprint density at radius 1 is 1.05 bits per heavy atom. The summed E-state index contributed by atoms with van der Waals surface area (Å²) in [4.78, 5) is 13.2. The highest BCUT2D eigenvalue weighted by atomic mass is 32.2. The fourth-order valence-corrected chi connectivity index (χ4v) is 7.10. The smallest absolute Gasteiger partial charge is 0.407 e. The molecule has 3 aliphatic heterocycles. The van der Waals surface area contributed by atoms with Crippen LogP contribution in [-0.4, -0.2) is 81.4 Å². The predicted octanol–water partition coefficient (Wildman–Crippen LogP) is 3.65. The van der Waals surface area contributed by atoms with Gasteiger partial charge in [0.1, 0.15) is 11.9 Å². The number of alkyl carbamates (subject to hydrolysis) is 1. The molecule has 11 heteroatoms. The molecular weight excluding hydrogens is 560 g/mol. The molecule has 0 spiro atoms. The van der Waals surface area contributed by atoms with Gasteiger partial charge in [-0.2, -0.15) is 4.31 Å². The Morgan fingerprint density at radius 3 is 2.74 bits per heavy atom. The quantitative estimate of drug-likeness (QED) is 0.462. The van der Waals surface area contributed by atoms with Crippen molar-refractivity contribution in [2.75, 3.05) is 32.9 Å². The zero-order valence-electron chi connectivity index (χ0n) is 23.7. The molecule has 5 atom stereocenters. The highest BCUT2D eigenvalue weighted by Gasteiger charge is 2.44. The van der Waals surface area contributed by atoms with Crippen LogP contribution in [0.4, 0.5) is 4.79 Å². The Kier molecular flexibility index (Phi) is 10.5. The molecule has 5 rings (SSSR count). The van der Waals surface area contributed by atoms with Crippen LogP contribution in [0.15, 0.2) is 71.6 Å². The van der Waals surface area contributed by atoms with E-state index in [4.69, 9.17) is 18.9 Å². The number of carbonyl (C=O) groups is 1. The Balaban J connectivity index is 1.33. The van der Waals surface area contributed by atoms with Gasteiger partial charge in [0.15, 0.2) is 6.29 Å². The van der Waals surface area contributed by atoms with E-state index in [-0.39, 0.29) is 43.2 Å². The Bertz CT molecular complexity index is 1310. The number of nitrogens with zero attached hydrogens (tertiary/aromatic N) is 1. The van der Waals surface area contributed by atoms with Crippen LogP contribution in [0.1, 0.15) is 37.7 Å². The van der Waals surface area contributed by atoms with E-state index in [1.54, 1.807) is 12.1 Å². The van der Waals surface area contributed by atoms with Gasteiger partial charge in [0.05, 0.1) is 42.8 Å². The van der Waals surface area contributed by atoms with E-state index in [1.165, 1.54) is 16.4 Å². The summed E-state index contributed by atoms with van der Waals surface area (Å²) in [5.41, 5.74) is 0.885. The van der Waals surface area contributed by atoms with Crippen molar-refractivity contribution >= 4 is 16.1 Å². The van der Waals surface area contributed by atoms with E-state index in [2.05, 4.69) is 17.5 Å². The maximum atomic E-state index is 13.8. The first kappa shape index (κ1) is 30.5. The first-order valence-electron chi connectivity index (χ1n) is 14.7. The van der Waals surface area contributed by atoms with Gasteiger partial charge in [-0.25, -0.2) is 13.2 Å². The number of rotatable bonds is 7. The van der Waals surface area contributed by atoms with Crippen LogP contribution in [0, 0.1) is 5.92 Å². The van der Waals surface area contributed by atoms with Crippen LogP contribution >= 0.6 is 0 Å². The maximum Gasteiger partial charge on any atom is 0.407 e. The molecule has 2 aromatic carbocycles. The lowest BCUT2D eigenvalue weighted by Crippen LogP contribution is -2.51. The fourth-order valence-electron chi connectivity index (χ4n) is 5.57. The van der Waals surface area contributed by atoms with Gasteiger partial charge < -0.3 is 29.4 Å². The van der Waals surface area contributed by atoms with E-state index in [0.717, 1.165) is 31.2 Å². The van der Waals surface area contributed by atoms with E-state index in [0.29, 0.717) is 25.4 Å². The minimum Gasteiger partial charge on any atom is -0.493 e. The lowest BCUT2D eigenvalue weighted by atomic mass is 10.0. The highest BCUT2D eigenvalue weighted by molar-refractivity contribution is 7.89. The first-order chi connectivity index (χ1) is 20.4. The Labute approximate surface area is 247 Å². The molecule has 3 heterocycles. The van der Waals surface area contributed by atoms with Crippen LogP contribution in [0.2, 0.25) is 0 Å². The number of benzene rings is 2. The summed E-state index contributed by atoms with van der Waals surface area (Å²) in [5.74, 6) is 0.447. The predicted molar refractivity (Wildman–Crippen MR) is 155 cm³/mol. The van der Waals surface area contributed by atoms with Gasteiger partial charge in [0, 0.05) is 19.2 Å². The third-order valence-corrected chi connectivity index (χ3v) is 9.75. The summed E-state index contributed by atoms with van der Waals surface area (Å²) in [6.45, 7) is 1.28. The van der Waals surface area contributed by atoms with Crippen LogP contribution in [0.3, 0.4) is 0 Å². The van der Waals surface area contributed by atoms with Crippen molar-refractivity contribution in [3.05, 3.63) is 72.3 Å². The van der Waals surface area contributed by atoms with Crippen molar-refractivity contribution < 1.29 is 37.3 Å². The van der Waals surface area contributed by atoms with Gasteiger partial charge in [0.25, 0.3) is 0 Å². The molecule has 0 saturated carbocycles. The van der Waals surface area contributed by atoms with Gasteiger partial charge in [-0.3, -0.25) is 0 Å². The van der Waals surface area contributed by atoms with E-state index in [9.17, 15) is 18.3 Å². The van der Waals surface area contributed by atoms with Crippen LogP contribution < -0.4 is 10.1 Å². The lowest BCUT2D eigenvalue weighted by molar-refractivity contribution is -0.0907. The van der Waals surface area contributed by atoms with E-state index < -0.39 is 34.4 Å². The zero-order chi connectivity index (χ0) is 29.4. The number of hydrogen-bond acceptors (Lipinski definition) is 8. The number of fused-ring (bicyclic) bond motifs is 3. The van der Waals surface area contributed by atoms with Crippen molar-refractivity contribution in [3.63, 3.8) is 0 Å². The molecule has 2 aromatic rings. The third kappa shape index (κ3) is 7.90. The number of aliphatic hydroxyl groups excluding tert-OH is 1. The molecule has 228 valence electrons. The lowest BCUT2D eigenvalue weighted by Gasteiger charge is -2.30.